The zero-order chi connectivity index (χ0) is 9.84. The largest absolute Gasteiger partial charge is 0.481 e. The van der Waals surface area contributed by atoms with E-state index in [9.17, 15) is 4.79 Å². The molecule has 76 valence electrons. The van der Waals surface area contributed by atoms with Gasteiger partial charge in [-0.1, -0.05) is 0 Å². The molecule has 1 fully saturated rings. The van der Waals surface area contributed by atoms with E-state index in [1.165, 1.54) is 12.8 Å². The molecule has 0 aromatic heterocycles. The third kappa shape index (κ3) is 2.99. The summed E-state index contributed by atoms with van der Waals surface area (Å²) >= 11 is 0. The average molecular weight is 185 g/mol. The maximum absolute atomic E-state index is 10.4. The average Bonchev–Trinajstić information content (AvgIpc) is 2.47. The van der Waals surface area contributed by atoms with Crippen molar-refractivity contribution in [2.75, 3.05) is 6.54 Å². The maximum Gasteiger partial charge on any atom is 0.303 e. The lowest BCUT2D eigenvalue weighted by Gasteiger charge is -2.27. The van der Waals surface area contributed by atoms with E-state index < -0.39 is 5.97 Å². The molecule has 0 bridgehead atoms. The van der Waals surface area contributed by atoms with Gasteiger partial charge in [0.25, 0.3) is 0 Å². The highest BCUT2D eigenvalue weighted by Gasteiger charge is 2.26. The van der Waals surface area contributed by atoms with Crippen molar-refractivity contribution < 1.29 is 9.90 Å². The smallest absolute Gasteiger partial charge is 0.303 e. The molecule has 1 N–H and O–H groups in total. The highest BCUT2D eigenvalue weighted by atomic mass is 16.4. The Morgan fingerprint density at radius 1 is 1.62 bits per heavy atom. The number of hydrogen-bond donors (Lipinski definition) is 1. The summed E-state index contributed by atoms with van der Waals surface area (Å²) in [6.07, 6.45) is 3.52. The lowest BCUT2D eigenvalue weighted by Crippen LogP contribution is -2.35. The Balaban J connectivity index is 2.35. The highest BCUT2D eigenvalue weighted by molar-refractivity contribution is 5.66. The van der Waals surface area contributed by atoms with Crippen molar-refractivity contribution in [2.45, 2.75) is 51.6 Å². The molecular formula is C10H19NO2. The first kappa shape index (κ1) is 10.5. The molecule has 0 aromatic carbocycles. The van der Waals surface area contributed by atoms with Crippen LogP contribution in [0.25, 0.3) is 0 Å². The minimum Gasteiger partial charge on any atom is -0.481 e. The summed E-state index contributed by atoms with van der Waals surface area (Å²) < 4.78 is 0. The van der Waals surface area contributed by atoms with Crippen LogP contribution in [0.15, 0.2) is 0 Å². The second-order valence-corrected chi connectivity index (χ2v) is 4.06. The maximum atomic E-state index is 10.4. The van der Waals surface area contributed by atoms with Crippen LogP contribution < -0.4 is 0 Å². The summed E-state index contributed by atoms with van der Waals surface area (Å²) in [5.74, 6) is -0.671. The first-order chi connectivity index (χ1) is 6.11. The number of nitrogens with zero attached hydrogens (tertiary/aromatic N) is 1. The molecule has 0 radical (unpaired) electrons. The Morgan fingerprint density at radius 3 is 2.85 bits per heavy atom. The molecule has 3 nitrogen and oxygen atoms in total. The second-order valence-electron chi connectivity index (χ2n) is 4.06. The third-order valence-electron chi connectivity index (χ3n) is 2.78. The summed E-state index contributed by atoms with van der Waals surface area (Å²) in [7, 11) is 0. The molecule has 3 heteroatoms. The molecule has 0 aliphatic carbocycles. The lowest BCUT2D eigenvalue weighted by molar-refractivity contribution is -0.137. The molecule has 0 saturated carbocycles. The Labute approximate surface area is 79.7 Å². The van der Waals surface area contributed by atoms with Crippen LogP contribution >= 0.6 is 0 Å². The van der Waals surface area contributed by atoms with E-state index in [-0.39, 0.29) is 0 Å². The molecule has 13 heavy (non-hydrogen) atoms. The number of carboxylic acid groups (broad SMARTS) is 1. The van der Waals surface area contributed by atoms with E-state index in [1.807, 2.05) is 0 Å². The van der Waals surface area contributed by atoms with Gasteiger partial charge in [-0.2, -0.15) is 0 Å². The van der Waals surface area contributed by atoms with E-state index in [2.05, 4.69) is 18.7 Å². The van der Waals surface area contributed by atoms with Gasteiger partial charge in [-0.15, -0.1) is 0 Å². The first-order valence-corrected chi connectivity index (χ1v) is 5.09. The summed E-state index contributed by atoms with van der Waals surface area (Å²) in [5, 5.41) is 8.58. The highest BCUT2D eigenvalue weighted by Crippen LogP contribution is 2.23. The van der Waals surface area contributed by atoms with Crippen LogP contribution in [-0.4, -0.2) is 34.6 Å². The van der Waals surface area contributed by atoms with Gasteiger partial charge in [0.2, 0.25) is 0 Å². The van der Waals surface area contributed by atoms with E-state index in [1.54, 1.807) is 0 Å². The molecule has 0 amide bonds. The Bertz CT molecular complexity index is 180. The Hall–Kier alpha value is -0.570. The summed E-state index contributed by atoms with van der Waals surface area (Å²) in [4.78, 5) is 12.8. The second kappa shape index (κ2) is 4.61. The van der Waals surface area contributed by atoms with Crippen molar-refractivity contribution in [2.24, 2.45) is 0 Å². The molecule has 1 unspecified atom stereocenters. The molecule has 1 aliphatic rings. The topological polar surface area (TPSA) is 40.5 Å². The van der Waals surface area contributed by atoms with Gasteiger partial charge in [0.05, 0.1) is 0 Å². The number of rotatable bonds is 4. The van der Waals surface area contributed by atoms with E-state index in [0.29, 0.717) is 18.5 Å². The zero-order valence-electron chi connectivity index (χ0n) is 8.49. The Kier molecular flexibility index (Phi) is 3.72. The van der Waals surface area contributed by atoms with Crippen LogP contribution in [0.3, 0.4) is 0 Å². The summed E-state index contributed by atoms with van der Waals surface area (Å²) in [6.45, 7) is 5.50. The fourth-order valence-electron chi connectivity index (χ4n) is 2.14. The SMILES string of the molecule is CC(C)N1CCCC1CCC(=O)O. The van der Waals surface area contributed by atoms with Crippen molar-refractivity contribution in [3.8, 4) is 0 Å². The minimum absolute atomic E-state index is 0.313. The van der Waals surface area contributed by atoms with Crippen LogP contribution in [0.1, 0.15) is 39.5 Å². The van der Waals surface area contributed by atoms with Gasteiger partial charge in [0.15, 0.2) is 0 Å². The van der Waals surface area contributed by atoms with Gasteiger partial charge in [-0.25, -0.2) is 0 Å². The van der Waals surface area contributed by atoms with E-state index in [4.69, 9.17) is 5.11 Å². The van der Waals surface area contributed by atoms with Crippen LogP contribution in [0, 0.1) is 0 Å². The minimum atomic E-state index is -0.671. The van der Waals surface area contributed by atoms with Crippen LogP contribution in [-0.2, 0) is 4.79 Å². The van der Waals surface area contributed by atoms with Gasteiger partial charge >= 0.3 is 5.97 Å². The van der Waals surface area contributed by atoms with Gasteiger partial charge in [-0.3, -0.25) is 9.69 Å². The standard InChI is InChI=1S/C10H19NO2/c1-8(2)11-7-3-4-9(11)5-6-10(12)13/h8-9H,3-7H2,1-2H3,(H,12,13). The van der Waals surface area contributed by atoms with Crippen molar-refractivity contribution in [3.63, 3.8) is 0 Å². The van der Waals surface area contributed by atoms with Crippen molar-refractivity contribution in [3.05, 3.63) is 0 Å². The van der Waals surface area contributed by atoms with Crippen LogP contribution in [0.2, 0.25) is 0 Å². The van der Waals surface area contributed by atoms with Gasteiger partial charge < -0.3 is 5.11 Å². The van der Waals surface area contributed by atoms with Crippen molar-refractivity contribution in [1.82, 2.24) is 4.90 Å². The predicted octanol–water partition coefficient (Wildman–Crippen LogP) is 1.72. The molecule has 1 rings (SSSR count). The fraction of sp³-hybridized carbons (Fsp3) is 0.900. The van der Waals surface area contributed by atoms with Crippen LogP contribution in [0.5, 0.6) is 0 Å². The first-order valence-electron chi connectivity index (χ1n) is 5.09. The third-order valence-corrected chi connectivity index (χ3v) is 2.78. The monoisotopic (exact) mass is 185 g/mol. The molecule has 0 spiro atoms. The van der Waals surface area contributed by atoms with Crippen molar-refractivity contribution >= 4 is 5.97 Å². The molecule has 1 atom stereocenters. The quantitative estimate of drug-likeness (QED) is 0.725. The molecule has 1 saturated heterocycles. The number of carboxylic acids is 1. The summed E-state index contributed by atoms with van der Waals surface area (Å²) in [6, 6.07) is 1.07. The van der Waals surface area contributed by atoms with E-state index >= 15 is 0 Å². The number of aliphatic carboxylic acids is 1. The number of hydrogen-bond acceptors (Lipinski definition) is 2. The van der Waals surface area contributed by atoms with E-state index in [0.717, 1.165) is 13.0 Å². The summed E-state index contributed by atoms with van der Waals surface area (Å²) in [5.41, 5.74) is 0. The number of likely N-dealkylation sites (tertiary alicyclic amines) is 1. The van der Waals surface area contributed by atoms with Crippen LogP contribution in [0.4, 0.5) is 0 Å². The number of carbonyl (C=O) groups is 1. The predicted molar refractivity (Wildman–Crippen MR) is 51.7 cm³/mol. The molecule has 1 heterocycles. The fourth-order valence-corrected chi connectivity index (χ4v) is 2.14. The van der Waals surface area contributed by atoms with Crippen molar-refractivity contribution in [1.29, 1.82) is 0 Å². The van der Waals surface area contributed by atoms with Gasteiger partial charge in [0, 0.05) is 18.5 Å². The van der Waals surface area contributed by atoms with Gasteiger partial charge in [0.1, 0.15) is 0 Å². The lowest BCUT2D eigenvalue weighted by atomic mass is 10.1. The Morgan fingerprint density at radius 2 is 2.31 bits per heavy atom. The normalized spacial score (nSPS) is 24.1. The molecule has 1 aliphatic heterocycles. The van der Waals surface area contributed by atoms with Gasteiger partial charge in [-0.05, 0) is 39.7 Å². The zero-order valence-corrected chi connectivity index (χ0v) is 8.49. The molecule has 0 aromatic rings. The molecular weight excluding hydrogens is 166 g/mol.